The molecule has 58 heavy (non-hydrogen) atoms. The van der Waals surface area contributed by atoms with Gasteiger partial charge in [-0.1, -0.05) is 152 Å². The second-order valence-corrected chi connectivity index (χ2v) is 14.8. The van der Waals surface area contributed by atoms with E-state index in [0.29, 0.717) is 17.5 Å². The first-order valence-electron chi connectivity index (χ1n) is 19.4. The maximum absolute atomic E-state index is 6.67. The van der Waals surface area contributed by atoms with Gasteiger partial charge in [0, 0.05) is 43.6 Å². The molecule has 0 aliphatic heterocycles. The first kappa shape index (κ1) is 32.4. The number of furan rings is 2. The predicted molar refractivity (Wildman–Crippen MR) is 237 cm³/mol. The van der Waals surface area contributed by atoms with Crippen LogP contribution in [0.15, 0.2) is 197 Å². The van der Waals surface area contributed by atoms with Gasteiger partial charge in [0.15, 0.2) is 17.5 Å². The molecule has 5 heteroatoms. The number of benzene rings is 9. The van der Waals surface area contributed by atoms with E-state index in [1.807, 2.05) is 36.4 Å². The Morgan fingerprint density at radius 3 is 1.69 bits per heavy atom. The van der Waals surface area contributed by atoms with Gasteiger partial charge in [0.05, 0.1) is 0 Å². The van der Waals surface area contributed by atoms with Crippen molar-refractivity contribution in [2.45, 2.75) is 0 Å². The zero-order valence-electron chi connectivity index (χ0n) is 31.1. The SMILES string of the molecule is c1ccc(-c2ccc(-c3nc(-c4ccc5ccccc5c4)nc(-c4cc(-c5cc6c7ccccc7oc6c6ccccc56)cc5oc6ccccc6c45)n3)cc2)cc1. The molecule has 3 aromatic heterocycles. The molecule has 0 saturated carbocycles. The molecule has 270 valence electrons. The lowest BCUT2D eigenvalue weighted by Gasteiger charge is -2.13. The van der Waals surface area contributed by atoms with Gasteiger partial charge in [-0.2, -0.15) is 0 Å². The maximum atomic E-state index is 6.67. The summed E-state index contributed by atoms with van der Waals surface area (Å²) >= 11 is 0. The van der Waals surface area contributed by atoms with Gasteiger partial charge in [0.25, 0.3) is 0 Å². The van der Waals surface area contributed by atoms with E-state index in [1.165, 1.54) is 0 Å². The molecule has 0 spiro atoms. The molecule has 9 aromatic carbocycles. The van der Waals surface area contributed by atoms with Crippen LogP contribution in [-0.2, 0) is 0 Å². The maximum Gasteiger partial charge on any atom is 0.164 e. The highest BCUT2D eigenvalue weighted by Gasteiger charge is 2.22. The van der Waals surface area contributed by atoms with E-state index in [-0.39, 0.29) is 0 Å². The summed E-state index contributed by atoms with van der Waals surface area (Å²) in [7, 11) is 0. The molecule has 0 radical (unpaired) electrons. The van der Waals surface area contributed by atoms with Crippen LogP contribution in [0, 0.1) is 0 Å². The van der Waals surface area contributed by atoms with Crippen molar-refractivity contribution in [1.29, 1.82) is 0 Å². The van der Waals surface area contributed by atoms with Crippen molar-refractivity contribution in [2.75, 3.05) is 0 Å². The summed E-state index contributed by atoms with van der Waals surface area (Å²) < 4.78 is 13.2. The predicted octanol–water partition coefficient (Wildman–Crippen LogP) is 14.3. The lowest BCUT2D eigenvalue weighted by molar-refractivity contribution is 0.669. The van der Waals surface area contributed by atoms with Crippen LogP contribution in [0.3, 0.4) is 0 Å². The molecule has 0 amide bonds. The third kappa shape index (κ3) is 5.21. The van der Waals surface area contributed by atoms with E-state index in [0.717, 1.165) is 104 Å². The fourth-order valence-corrected chi connectivity index (χ4v) is 8.50. The number of para-hydroxylation sites is 2. The average Bonchev–Trinajstić information content (AvgIpc) is 3.87. The molecule has 0 atom stereocenters. The van der Waals surface area contributed by atoms with Crippen LogP contribution in [0.5, 0.6) is 0 Å². The summed E-state index contributed by atoms with van der Waals surface area (Å²) in [5, 5.41) is 8.52. The molecular weight excluding hydrogens is 711 g/mol. The first-order chi connectivity index (χ1) is 28.7. The Morgan fingerprint density at radius 1 is 0.293 bits per heavy atom. The van der Waals surface area contributed by atoms with Gasteiger partial charge in [0.1, 0.15) is 22.3 Å². The molecule has 0 aliphatic carbocycles. The van der Waals surface area contributed by atoms with E-state index in [2.05, 4.69) is 152 Å². The minimum absolute atomic E-state index is 0.567. The Hall–Kier alpha value is -7.89. The topological polar surface area (TPSA) is 65.0 Å². The molecular formula is C53H31N3O2. The summed E-state index contributed by atoms with van der Waals surface area (Å²) in [6.07, 6.45) is 0. The summed E-state index contributed by atoms with van der Waals surface area (Å²) in [6.45, 7) is 0. The van der Waals surface area contributed by atoms with E-state index in [9.17, 15) is 0 Å². The Bertz CT molecular complexity index is 3570. The Morgan fingerprint density at radius 2 is 0.879 bits per heavy atom. The molecule has 0 unspecified atom stereocenters. The van der Waals surface area contributed by atoms with Gasteiger partial charge in [-0.25, -0.2) is 15.0 Å². The van der Waals surface area contributed by atoms with Gasteiger partial charge in [0.2, 0.25) is 0 Å². The molecule has 12 rings (SSSR count). The molecule has 0 bridgehead atoms. The Balaban J connectivity index is 1.13. The smallest absolute Gasteiger partial charge is 0.164 e. The number of hydrogen-bond donors (Lipinski definition) is 0. The van der Waals surface area contributed by atoms with Gasteiger partial charge in [-0.15, -0.1) is 0 Å². The molecule has 5 nitrogen and oxygen atoms in total. The largest absolute Gasteiger partial charge is 0.456 e. The second-order valence-electron chi connectivity index (χ2n) is 14.8. The van der Waals surface area contributed by atoms with Crippen LogP contribution in [0.25, 0.3) is 122 Å². The third-order valence-corrected chi connectivity index (χ3v) is 11.3. The van der Waals surface area contributed by atoms with Crippen molar-refractivity contribution >= 4 is 65.4 Å². The second kappa shape index (κ2) is 12.8. The molecule has 3 heterocycles. The van der Waals surface area contributed by atoms with Crippen molar-refractivity contribution in [3.05, 3.63) is 188 Å². The third-order valence-electron chi connectivity index (χ3n) is 11.3. The molecule has 0 fully saturated rings. The summed E-state index contributed by atoms with van der Waals surface area (Å²) in [5.74, 6) is 1.76. The highest BCUT2D eigenvalue weighted by Crippen LogP contribution is 2.44. The van der Waals surface area contributed by atoms with Crippen molar-refractivity contribution in [3.63, 3.8) is 0 Å². The summed E-state index contributed by atoms with van der Waals surface area (Å²) in [4.78, 5) is 15.8. The highest BCUT2D eigenvalue weighted by molar-refractivity contribution is 6.20. The minimum atomic E-state index is 0.567. The summed E-state index contributed by atoms with van der Waals surface area (Å²) in [5.41, 5.74) is 10.3. The first-order valence-corrected chi connectivity index (χ1v) is 19.4. The van der Waals surface area contributed by atoms with Gasteiger partial charge < -0.3 is 8.83 Å². The molecule has 12 aromatic rings. The highest BCUT2D eigenvalue weighted by atomic mass is 16.3. The monoisotopic (exact) mass is 741 g/mol. The number of aromatic nitrogens is 3. The van der Waals surface area contributed by atoms with Crippen molar-refractivity contribution < 1.29 is 8.83 Å². The Labute approximate surface area is 332 Å². The standard InChI is InChI=1S/C53H31N3O2/c1-2-12-32(13-3-1)34-22-25-35(26-23-34)51-54-52(37-27-24-33-14-4-5-15-36(33)28-37)56-53(55-51)45-29-38(30-48-49(45)42-19-9-11-21-47(42)57-48)43-31-44-40-17-8-10-20-46(40)58-50(44)41-18-7-6-16-39(41)43/h1-31H. The van der Waals surface area contributed by atoms with Crippen LogP contribution >= 0.6 is 0 Å². The van der Waals surface area contributed by atoms with Crippen LogP contribution in [0.2, 0.25) is 0 Å². The number of hydrogen-bond acceptors (Lipinski definition) is 5. The van der Waals surface area contributed by atoms with Crippen LogP contribution < -0.4 is 0 Å². The van der Waals surface area contributed by atoms with Crippen molar-refractivity contribution in [1.82, 2.24) is 15.0 Å². The minimum Gasteiger partial charge on any atom is -0.456 e. The normalized spacial score (nSPS) is 11.8. The van der Waals surface area contributed by atoms with E-state index >= 15 is 0 Å². The van der Waals surface area contributed by atoms with Crippen molar-refractivity contribution in [2.24, 2.45) is 0 Å². The number of fused-ring (bicyclic) bond motifs is 9. The fraction of sp³-hybridized carbons (Fsp3) is 0. The molecule has 0 saturated heterocycles. The van der Waals surface area contributed by atoms with Gasteiger partial charge in [-0.3, -0.25) is 0 Å². The van der Waals surface area contributed by atoms with Gasteiger partial charge >= 0.3 is 0 Å². The zero-order chi connectivity index (χ0) is 38.2. The van der Waals surface area contributed by atoms with Crippen LogP contribution in [0.4, 0.5) is 0 Å². The molecule has 0 aliphatic rings. The Kier molecular flexibility index (Phi) is 7.16. The molecule has 0 N–H and O–H groups in total. The van der Waals surface area contributed by atoms with E-state index < -0.39 is 0 Å². The lowest BCUT2D eigenvalue weighted by Crippen LogP contribution is -2.01. The quantitative estimate of drug-likeness (QED) is 0.176. The lowest BCUT2D eigenvalue weighted by atomic mass is 9.93. The van der Waals surface area contributed by atoms with Crippen LogP contribution in [-0.4, -0.2) is 15.0 Å². The van der Waals surface area contributed by atoms with Crippen molar-refractivity contribution in [3.8, 4) is 56.4 Å². The number of nitrogens with zero attached hydrogens (tertiary/aromatic N) is 3. The average molecular weight is 742 g/mol. The fourth-order valence-electron chi connectivity index (χ4n) is 8.50. The number of rotatable bonds is 5. The zero-order valence-corrected chi connectivity index (χ0v) is 31.1. The van der Waals surface area contributed by atoms with E-state index in [4.69, 9.17) is 23.8 Å². The van der Waals surface area contributed by atoms with Gasteiger partial charge in [-0.05, 0) is 74.8 Å². The van der Waals surface area contributed by atoms with E-state index in [1.54, 1.807) is 0 Å². The summed E-state index contributed by atoms with van der Waals surface area (Å²) in [6, 6.07) is 65.1. The van der Waals surface area contributed by atoms with Crippen LogP contribution in [0.1, 0.15) is 0 Å².